The Hall–Kier alpha value is -2.28. The van der Waals surface area contributed by atoms with E-state index in [-0.39, 0.29) is 5.57 Å². The molecule has 1 aromatic carbocycles. The molecule has 1 rings (SSSR count). The lowest BCUT2D eigenvalue weighted by Gasteiger charge is -2.03. The molecule has 0 bridgehead atoms. The molecule has 0 unspecified atom stereocenters. The number of carbonyl (C=O) groups excluding carboxylic acids is 1. The highest BCUT2D eigenvalue weighted by atomic mass is 16.5. The summed E-state index contributed by atoms with van der Waals surface area (Å²) < 4.78 is 9.81. The molecule has 0 radical (unpaired) electrons. The van der Waals surface area contributed by atoms with Crippen molar-refractivity contribution in [3.63, 3.8) is 0 Å². The van der Waals surface area contributed by atoms with Crippen LogP contribution in [0.4, 0.5) is 0 Å². The quantitative estimate of drug-likeness (QED) is 0.452. The Balaban J connectivity index is 3.00. The van der Waals surface area contributed by atoms with Crippen LogP contribution in [0.25, 0.3) is 6.08 Å². The third-order valence-corrected chi connectivity index (χ3v) is 2.01. The molecule has 1 aromatic rings. The smallest absolute Gasteiger partial charge is 0.348 e. The molecular formula is C13H13NO3. The van der Waals surface area contributed by atoms with Crippen molar-refractivity contribution in [1.29, 1.82) is 5.26 Å². The summed E-state index contributed by atoms with van der Waals surface area (Å²) in [6, 6.07) is 8.94. The summed E-state index contributed by atoms with van der Waals surface area (Å²) in [5.41, 5.74) is 0.680. The Morgan fingerprint density at radius 3 is 2.88 bits per heavy atom. The maximum Gasteiger partial charge on any atom is 0.348 e. The van der Waals surface area contributed by atoms with E-state index in [4.69, 9.17) is 10.00 Å². The van der Waals surface area contributed by atoms with Crippen LogP contribution >= 0.6 is 0 Å². The zero-order valence-electron chi connectivity index (χ0n) is 9.77. The van der Waals surface area contributed by atoms with Gasteiger partial charge in [-0.2, -0.15) is 5.26 Å². The van der Waals surface area contributed by atoms with E-state index in [0.717, 1.165) is 5.56 Å². The van der Waals surface area contributed by atoms with Gasteiger partial charge in [0.25, 0.3) is 0 Å². The minimum absolute atomic E-state index is 0.0406. The fraction of sp³-hybridized carbons (Fsp3) is 0.231. The largest absolute Gasteiger partial charge is 0.494 e. The highest BCUT2D eigenvalue weighted by molar-refractivity contribution is 5.97. The standard InChI is InChI=1S/C13H13NO3/c1-3-17-12-6-4-5-10(8-12)7-11(9-14)13(15)16-2/h4-8H,3H2,1-2H3/b11-7-. The molecule has 4 nitrogen and oxygen atoms in total. The van der Waals surface area contributed by atoms with Crippen LogP contribution in [0.15, 0.2) is 29.8 Å². The van der Waals surface area contributed by atoms with Crippen molar-refractivity contribution < 1.29 is 14.3 Å². The number of benzene rings is 1. The lowest BCUT2D eigenvalue weighted by Crippen LogP contribution is -2.02. The van der Waals surface area contributed by atoms with Gasteiger partial charge in [-0.05, 0) is 30.7 Å². The SMILES string of the molecule is CCOc1cccc(/C=C(/C#N)C(=O)OC)c1. The van der Waals surface area contributed by atoms with Crippen molar-refractivity contribution >= 4 is 12.0 Å². The molecule has 0 atom stereocenters. The van der Waals surface area contributed by atoms with Gasteiger partial charge in [-0.1, -0.05) is 12.1 Å². The van der Waals surface area contributed by atoms with Crippen LogP contribution in [-0.2, 0) is 9.53 Å². The second-order valence-electron chi connectivity index (χ2n) is 3.17. The number of nitriles is 1. The first-order valence-corrected chi connectivity index (χ1v) is 5.14. The number of hydrogen-bond acceptors (Lipinski definition) is 4. The summed E-state index contributed by atoms with van der Waals surface area (Å²) in [6.45, 7) is 2.45. The molecule has 0 fully saturated rings. The first kappa shape index (κ1) is 12.8. The Morgan fingerprint density at radius 2 is 2.29 bits per heavy atom. The van der Waals surface area contributed by atoms with Gasteiger partial charge < -0.3 is 9.47 Å². The number of carbonyl (C=O) groups is 1. The third-order valence-electron chi connectivity index (χ3n) is 2.01. The summed E-state index contributed by atoms with van der Waals surface area (Å²) in [5.74, 6) is 0.0534. The first-order chi connectivity index (χ1) is 8.21. The maximum atomic E-state index is 11.2. The number of rotatable bonds is 4. The van der Waals surface area contributed by atoms with E-state index in [1.807, 2.05) is 13.0 Å². The Kier molecular flexibility index (Phi) is 4.77. The summed E-state index contributed by atoms with van der Waals surface area (Å²) in [4.78, 5) is 11.2. The third kappa shape index (κ3) is 3.65. The number of ether oxygens (including phenoxy) is 2. The Bertz CT molecular complexity index is 472. The second-order valence-corrected chi connectivity index (χ2v) is 3.17. The molecule has 0 aliphatic carbocycles. The molecule has 88 valence electrons. The first-order valence-electron chi connectivity index (χ1n) is 5.14. The van der Waals surface area contributed by atoms with Crippen molar-refractivity contribution in [3.05, 3.63) is 35.4 Å². The minimum atomic E-state index is -0.644. The molecular weight excluding hydrogens is 218 g/mol. The summed E-state index contributed by atoms with van der Waals surface area (Å²) in [5, 5.41) is 8.81. The molecule has 0 aliphatic rings. The van der Waals surface area contributed by atoms with Gasteiger partial charge in [-0.3, -0.25) is 0 Å². The van der Waals surface area contributed by atoms with Crippen molar-refractivity contribution in [2.24, 2.45) is 0 Å². The van der Waals surface area contributed by atoms with Gasteiger partial charge >= 0.3 is 5.97 Å². The van der Waals surface area contributed by atoms with Crippen LogP contribution in [0, 0.1) is 11.3 Å². The second kappa shape index (κ2) is 6.33. The number of esters is 1. The zero-order valence-corrected chi connectivity index (χ0v) is 9.77. The Labute approximate surface area is 100 Å². The summed E-state index contributed by atoms with van der Waals surface area (Å²) in [7, 11) is 1.24. The van der Waals surface area contributed by atoms with Gasteiger partial charge in [0.1, 0.15) is 17.4 Å². The van der Waals surface area contributed by atoms with Gasteiger partial charge in [0.15, 0.2) is 0 Å². The van der Waals surface area contributed by atoms with E-state index < -0.39 is 5.97 Å². The average molecular weight is 231 g/mol. The monoisotopic (exact) mass is 231 g/mol. The fourth-order valence-electron chi connectivity index (χ4n) is 1.27. The molecule has 0 N–H and O–H groups in total. The lowest BCUT2D eigenvalue weighted by molar-refractivity contribution is -0.135. The predicted octanol–water partition coefficient (Wildman–Crippen LogP) is 2.17. The van der Waals surface area contributed by atoms with Crippen molar-refractivity contribution in [2.75, 3.05) is 13.7 Å². The highest BCUT2D eigenvalue weighted by Crippen LogP contribution is 2.16. The number of hydrogen-bond donors (Lipinski definition) is 0. The van der Waals surface area contributed by atoms with E-state index in [1.54, 1.807) is 24.3 Å². The highest BCUT2D eigenvalue weighted by Gasteiger charge is 2.08. The average Bonchev–Trinajstić information content (AvgIpc) is 2.36. The van der Waals surface area contributed by atoms with E-state index >= 15 is 0 Å². The normalized spacial score (nSPS) is 10.5. The van der Waals surface area contributed by atoms with Crippen molar-refractivity contribution in [3.8, 4) is 11.8 Å². The van der Waals surface area contributed by atoms with Crippen LogP contribution in [0.5, 0.6) is 5.75 Å². The van der Waals surface area contributed by atoms with Crippen LogP contribution in [0.1, 0.15) is 12.5 Å². The topological polar surface area (TPSA) is 59.3 Å². The molecule has 0 saturated carbocycles. The molecule has 0 aliphatic heterocycles. The van der Waals surface area contributed by atoms with Gasteiger partial charge in [-0.25, -0.2) is 4.79 Å². The fourth-order valence-corrected chi connectivity index (χ4v) is 1.27. The molecule has 0 heterocycles. The van der Waals surface area contributed by atoms with E-state index in [9.17, 15) is 4.79 Å². The predicted molar refractivity (Wildman–Crippen MR) is 63.2 cm³/mol. The summed E-state index contributed by atoms with van der Waals surface area (Å²) >= 11 is 0. The molecule has 0 amide bonds. The van der Waals surface area contributed by atoms with Crippen LogP contribution in [0.3, 0.4) is 0 Å². The van der Waals surface area contributed by atoms with Crippen LogP contribution < -0.4 is 4.74 Å². The molecule has 0 spiro atoms. The van der Waals surface area contributed by atoms with Gasteiger partial charge in [0.2, 0.25) is 0 Å². The van der Waals surface area contributed by atoms with Crippen molar-refractivity contribution in [1.82, 2.24) is 0 Å². The van der Waals surface area contributed by atoms with E-state index in [1.165, 1.54) is 13.2 Å². The minimum Gasteiger partial charge on any atom is -0.494 e. The molecule has 0 aromatic heterocycles. The van der Waals surface area contributed by atoms with E-state index in [2.05, 4.69) is 4.74 Å². The van der Waals surface area contributed by atoms with Gasteiger partial charge in [-0.15, -0.1) is 0 Å². The maximum absolute atomic E-state index is 11.2. The van der Waals surface area contributed by atoms with Gasteiger partial charge in [0, 0.05) is 0 Å². The number of methoxy groups -OCH3 is 1. The van der Waals surface area contributed by atoms with E-state index in [0.29, 0.717) is 12.4 Å². The van der Waals surface area contributed by atoms with Crippen LogP contribution in [0.2, 0.25) is 0 Å². The molecule has 17 heavy (non-hydrogen) atoms. The molecule has 0 saturated heterocycles. The lowest BCUT2D eigenvalue weighted by atomic mass is 10.1. The van der Waals surface area contributed by atoms with Gasteiger partial charge in [0.05, 0.1) is 13.7 Å². The zero-order chi connectivity index (χ0) is 12.7. The van der Waals surface area contributed by atoms with Crippen molar-refractivity contribution in [2.45, 2.75) is 6.92 Å². The summed E-state index contributed by atoms with van der Waals surface area (Å²) in [6.07, 6.45) is 1.47. The van der Waals surface area contributed by atoms with Crippen LogP contribution in [-0.4, -0.2) is 19.7 Å². The number of nitrogens with zero attached hydrogens (tertiary/aromatic N) is 1. The molecule has 4 heteroatoms. The Morgan fingerprint density at radius 1 is 1.53 bits per heavy atom.